The topological polar surface area (TPSA) is 81.0 Å². The zero-order chi connectivity index (χ0) is 17.8. The highest BCUT2D eigenvalue weighted by molar-refractivity contribution is 7.13. The molecule has 8 heteroatoms. The quantitative estimate of drug-likeness (QED) is 0.736. The van der Waals surface area contributed by atoms with Crippen LogP contribution >= 0.6 is 11.3 Å². The molecule has 0 saturated heterocycles. The Morgan fingerprint density at radius 2 is 2.00 bits per heavy atom. The van der Waals surface area contributed by atoms with Gasteiger partial charge in [-0.25, -0.2) is 14.3 Å². The molecule has 0 saturated carbocycles. The molecular weight excluding hydrogens is 338 g/mol. The molecule has 3 rings (SSSR count). The normalized spacial score (nSPS) is 10.6. The van der Waals surface area contributed by atoms with E-state index in [9.17, 15) is 9.59 Å². The predicted molar refractivity (Wildman–Crippen MR) is 99.0 cm³/mol. The van der Waals surface area contributed by atoms with Crippen LogP contribution in [0.3, 0.4) is 0 Å². The number of nitrogens with zero attached hydrogens (tertiary/aromatic N) is 3. The zero-order valence-corrected chi connectivity index (χ0v) is 14.8. The van der Waals surface area contributed by atoms with Gasteiger partial charge in [0.05, 0.1) is 11.4 Å². The van der Waals surface area contributed by atoms with Gasteiger partial charge in [0, 0.05) is 19.3 Å². The van der Waals surface area contributed by atoms with Crippen LogP contribution in [0.5, 0.6) is 0 Å². The van der Waals surface area contributed by atoms with E-state index in [2.05, 4.69) is 15.7 Å². The third kappa shape index (κ3) is 3.97. The van der Waals surface area contributed by atoms with Crippen LogP contribution < -0.4 is 16.3 Å². The molecule has 0 bridgehead atoms. The lowest BCUT2D eigenvalue weighted by Gasteiger charge is -2.07. The summed E-state index contributed by atoms with van der Waals surface area (Å²) in [5.74, 6) is 0.629. The van der Waals surface area contributed by atoms with E-state index in [-0.39, 0.29) is 11.7 Å². The number of aryl methyl sites for hydroxylation is 1. The molecule has 0 atom stereocenters. The lowest BCUT2D eigenvalue weighted by molar-refractivity contribution is 0.251. The van der Waals surface area contributed by atoms with Gasteiger partial charge in [-0.1, -0.05) is 23.8 Å². The van der Waals surface area contributed by atoms with Gasteiger partial charge < -0.3 is 10.6 Å². The zero-order valence-electron chi connectivity index (χ0n) is 14.0. The molecule has 2 aromatic heterocycles. The molecule has 0 unspecified atom stereocenters. The number of benzene rings is 1. The van der Waals surface area contributed by atoms with Crippen LogP contribution in [0, 0.1) is 6.92 Å². The van der Waals surface area contributed by atoms with Gasteiger partial charge >= 0.3 is 11.7 Å². The van der Waals surface area contributed by atoms with Crippen molar-refractivity contribution in [3.8, 4) is 10.7 Å². The molecule has 0 fully saturated rings. The number of nitrogens with one attached hydrogen (secondary N) is 2. The Balaban J connectivity index is 1.57. The first-order valence-electron chi connectivity index (χ1n) is 7.84. The van der Waals surface area contributed by atoms with E-state index in [0.717, 1.165) is 16.1 Å². The van der Waals surface area contributed by atoms with E-state index < -0.39 is 0 Å². The number of anilines is 1. The van der Waals surface area contributed by atoms with Crippen LogP contribution in [0.2, 0.25) is 0 Å². The summed E-state index contributed by atoms with van der Waals surface area (Å²) in [6, 6.07) is 11.1. The van der Waals surface area contributed by atoms with Crippen molar-refractivity contribution in [2.75, 3.05) is 11.9 Å². The number of amides is 2. The number of carbonyl (C=O) groups is 1. The summed E-state index contributed by atoms with van der Waals surface area (Å²) < 4.78 is 2.87. The summed E-state index contributed by atoms with van der Waals surface area (Å²) in [6.45, 7) is 2.59. The largest absolute Gasteiger partial charge is 0.346 e. The van der Waals surface area contributed by atoms with Crippen molar-refractivity contribution in [1.29, 1.82) is 0 Å². The summed E-state index contributed by atoms with van der Waals surface area (Å²) in [4.78, 5) is 25.1. The van der Waals surface area contributed by atoms with Crippen LogP contribution in [0.25, 0.3) is 10.7 Å². The average molecular weight is 357 g/mol. The molecule has 25 heavy (non-hydrogen) atoms. The predicted octanol–water partition coefficient (Wildman–Crippen LogP) is 2.44. The highest BCUT2D eigenvalue weighted by Crippen LogP contribution is 2.20. The first-order valence-corrected chi connectivity index (χ1v) is 8.72. The molecule has 2 N–H and O–H groups in total. The first-order chi connectivity index (χ1) is 12.0. The van der Waals surface area contributed by atoms with Crippen LogP contribution in [-0.2, 0) is 13.6 Å². The Morgan fingerprint density at radius 3 is 2.68 bits per heavy atom. The molecule has 130 valence electrons. The molecule has 0 radical (unpaired) electrons. The van der Waals surface area contributed by atoms with Crippen molar-refractivity contribution in [2.45, 2.75) is 13.5 Å². The third-order valence-corrected chi connectivity index (χ3v) is 4.57. The second-order valence-corrected chi connectivity index (χ2v) is 6.56. The molecular formula is C17H19N5O2S. The van der Waals surface area contributed by atoms with Gasteiger partial charge in [-0.3, -0.25) is 4.57 Å². The fourth-order valence-electron chi connectivity index (χ4n) is 2.34. The second-order valence-electron chi connectivity index (χ2n) is 5.61. The number of aromatic nitrogens is 3. The molecule has 2 amide bonds. The summed E-state index contributed by atoms with van der Waals surface area (Å²) in [7, 11) is 1.69. The number of hydrogen-bond acceptors (Lipinski definition) is 4. The van der Waals surface area contributed by atoms with Gasteiger partial charge in [0.15, 0.2) is 5.82 Å². The molecule has 0 aliphatic rings. The van der Waals surface area contributed by atoms with E-state index in [1.165, 1.54) is 20.6 Å². The van der Waals surface area contributed by atoms with E-state index >= 15 is 0 Å². The van der Waals surface area contributed by atoms with Crippen LogP contribution in [-0.4, -0.2) is 26.9 Å². The number of urea groups is 1. The molecule has 0 aliphatic carbocycles. The Morgan fingerprint density at radius 1 is 1.24 bits per heavy atom. The summed E-state index contributed by atoms with van der Waals surface area (Å²) >= 11 is 1.53. The highest BCUT2D eigenvalue weighted by atomic mass is 32.1. The van der Waals surface area contributed by atoms with Crippen molar-refractivity contribution in [2.24, 2.45) is 7.05 Å². The van der Waals surface area contributed by atoms with Crippen molar-refractivity contribution in [3.05, 3.63) is 57.8 Å². The van der Waals surface area contributed by atoms with Crippen LogP contribution in [0.1, 0.15) is 5.56 Å². The van der Waals surface area contributed by atoms with Gasteiger partial charge in [0.25, 0.3) is 0 Å². The van der Waals surface area contributed by atoms with Crippen molar-refractivity contribution in [1.82, 2.24) is 19.7 Å². The number of hydrogen-bond donors (Lipinski definition) is 2. The van der Waals surface area contributed by atoms with Gasteiger partial charge in [0.1, 0.15) is 0 Å². The van der Waals surface area contributed by atoms with E-state index in [1.54, 1.807) is 7.05 Å². The molecule has 2 heterocycles. The maximum absolute atomic E-state index is 12.2. The highest BCUT2D eigenvalue weighted by Gasteiger charge is 2.12. The van der Waals surface area contributed by atoms with Crippen LogP contribution in [0.4, 0.5) is 10.5 Å². The molecule has 3 aromatic rings. The molecule has 0 aliphatic heterocycles. The fourth-order valence-corrected chi connectivity index (χ4v) is 3.09. The van der Waals surface area contributed by atoms with Crippen molar-refractivity contribution in [3.63, 3.8) is 0 Å². The molecule has 7 nitrogen and oxygen atoms in total. The van der Waals surface area contributed by atoms with E-state index in [4.69, 9.17) is 0 Å². The summed E-state index contributed by atoms with van der Waals surface area (Å²) in [5.41, 5.74) is 1.64. The minimum Gasteiger partial charge on any atom is -0.336 e. The van der Waals surface area contributed by atoms with E-state index in [0.29, 0.717) is 18.9 Å². The number of carbonyl (C=O) groups excluding carboxylic acids is 1. The Labute approximate surface area is 148 Å². The van der Waals surface area contributed by atoms with Gasteiger partial charge in [0.2, 0.25) is 0 Å². The van der Waals surface area contributed by atoms with Crippen LogP contribution in [0.15, 0.2) is 46.6 Å². The lowest BCUT2D eigenvalue weighted by Crippen LogP contribution is -2.34. The van der Waals surface area contributed by atoms with E-state index in [1.807, 2.05) is 48.7 Å². The maximum Gasteiger partial charge on any atom is 0.346 e. The van der Waals surface area contributed by atoms with Crippen molar-refractivity contribution >= 4 is 23.1 Å². The van der Waals surface area contributed by atoms with Gasteiger partial charge in [-0.2, -0.15) is 0 Å². The minimum atomic E-state index is -0.314. The summed E-state index contributed by atoms with van der Waals surface area (Å²) in [5, 5.41) is 11.8. The van der Waals surface area contributed by atoms with Gasteiger partial charge in [-0.15, -0.1) is 16.4 Å². The standard InChI is InChI=1S/C17H19N5O2S/c1-12-5-7-13(8-6-12)19-16(23)18-9-10-22-17(24)21(2)15(20-22)14-4-3-11-25-14/h3-8,11H,9-10H2,1-2H3,(H2,18,19,23). The molecule has 0 spiro atoms. The third-order valence-electron chi connectivity index (χ3n) is 3.70. The smallest absolute Gasteiger partial charge is 0.336 e. The Kier molecular flexibility index (Phi) is 4.99. The SMILES string of the molecule is Cc1ccc(NC(=O)NCCn2nc(-c3cccs3)n(C)c2=O)cc1. The molecule has 1 aromatic carbocycles. The fraction of sp³-hybridized carbons (Fsp3) is 0.235. The average Bonchev–Trinajstić information content (AvgIpc) is 3.21. The second kappa shape index (κ2) is 7.35. The Hall–Kier alpha value is -2.87. The maximum atomic E-state index is 12.2. The Bertz CT molecular complexity index is 910. The van der Waals surface area contributed by atoms with Gasteiger partial charge in [-0.05, 0) is 30.5 Å². The first kappa shape index (κ1) is 17.0. The summed E-state index contributed by atoms with van der Waals surface area (Å²) in [6.07, 6.45) is 0. The monoisotopic (exact) mass is 357 g/mol. The lowest BCUT2D eigenvalue weighted by atomic mass is 10.2. The minimum absolute atomic E-state index is 0.204. The number of thiophene rings is 1. The number of rotatable bonds is 5. The van der Waals surface area contributed by atoms with Crippen molar-refractivity contribution < 1.29 is 4.79 Å².